The van der Waals surface area contributed by atoms with Gasteiger partial charge in [0, 0.05) is 6.20 Å². The molecule has 3 heteroatoms. The Bertz CT molecular complexity index is 332. The van der Waals surface area contributed by atoms with Crippen molar-refractivity contribution in [3.05, 3.63) is 28.8 Å². The summed E-state index contributed by atoms with van der Waals surface area (Å²) >= 11 is 1.28. The van der Waals surface area contributed by atoms with E-state index < -0.39 is 0 Å². The summed E-state index contributed by atoms with van der Waals surface area (Å²) in [5, 5.41) is 0. The monoisotopic (exact) mass is 207 g/mol. The lowest BCUT2D eigenvalue weighted by Crippen LogP contribution is -1.98. The predicted octanol–water partition coefficient (Wildman–Crippen LogP) is 3.22. The van der Waals surface area contributed by atoms with Gasteiger partial charge in [-0.1, -0.05) is 12.0 Å². The van der Waals surface area contributed by atoms with E-state index in [0.29, 0.717) is 0 Å². The zero-order chi connectivity index (χ0) is 9.80. The fraction of sp³-hybridized carbons (Fsp3) is 0.455. The van der Waals surface area contributed by atoms with Crippen molar-refractivity contribution in [3.63, 3.8) is 0 Å². The summed E-state index contributed by atoms with van der Waals surface area (Å²) in [5.41, 5.74) is 1.31. The van der Waals surface area contributed by atoms with E-state index in [4.69, 9.17) is 0 Å². The quantitative estimate of drug-likeness (QED) is 0.550. The van der Waals surface area contributed by atoms with Crippen LogP contribution in [0.4, 0.5) is 0 Å². The van der Waals surface area contributed by atoms with Gasteiger partial charge in [0.1, 0.15) is 0 Å². The molecule has 0 atom stereocenters. The first-order valence-electron chi connectivity index (χ1n) is 5.01. The SMILES string of the molecule is O=C(C=C1CCCCC1)c1ccns1. The molecule has 0 spiro atoms. The molecule has 0 aliphatic heterocycles. The fourth-order valence-electron chi connectivity index (χ4n) is 1.75. The van der Waals surface area contributed by atoms with Crippen LogP contribution < -0.4 is 0 Å². The molecular formula is C11H13NOS. The van der Waals surface area contributed by atoms with Crippen LogP contribution in [-0.2, 0) is 0 Å². The molecule has 1 saturated carbocycles. The molecule has 0 N–H and O–H groups in total. The molecule has 1 aromatic rings. The van der Waals surface area contributed by atoms with Gasteiger partial charge in [-0.15, -0.1) is 0 Å². The fourth-order valence-corrected chi connectivity index (χ4v) is 2.26. The highest BCUT2D eigenvalue weighted by atomic mass is 32.1. The summed E-state index contributed by atoms with van der Waals surface area (Å²) in [6.07, 6.45) is 9.48. The molecular weight excluding hydrogens is 194 g/mol. The summed E-state index contributed by atoms with van der Waals surface area (Å²) in [4.78, 5) is 12.4. The minimum absolute atomic E-state index is 0.129. The zero-order valence-corrected chi connectivity index (χ0v) is 8.85. The number of rotatable bonds is 2. The second kappa shape index (κ2) is 4.51. The van der Waals surface area contributed by atoms with Gasteiger partial charge in [0.25, 0.3) is 0 Å². The summed E-state index contributed by atoms with van der Waals surface area (Å²) in [5.74, 6) is 0.129. The van der Waals surface area contributed by atoms with Crippen molar-refractivity contribution in [2.45, 2.75) is 32.1 Å². The van der Waals surface area contributed by atoms with Gasteiger partial charge in [0.2, 0.25) is 0 Å². The Morgan fingerprint density at radius 2 is 2.14 bits per heavy atom. The average Bonchev–Trinajstić information content (AvgIpc) is 2.72. The molecule has 1 aliphatic rings. The van der Waals surface area contributed by atoms with Gasteiger partial charge in [0.15, 0.2) is 5.78 Å². The maximum Gasteiger partial charge on any atom is 0.197 e. The molecule has 1 aliphatic carbocycles. The maximum atomic E-state index is 11.7. The van der Waals surface area contributed by atoms with Crippen LogP contribution in [0.5, 0.6) is 0 Å². The van der Waals surface area contributed by atoms with Gasteiger partial charge < -0.3 is 0 Å². The van der Waals surface area contributed by atoms with Gasteiger partial charge >= 0.3 is 0 Å². The molecule has 0 unspecified atom stereocenters. The molecule has 1 aromatic heterocycles. The third kappa shape index (κ3) is 2.29. The predicted molar refractivity (Wildman–Crippen MR) is 57.6 cm³/mol. The highest BCUT2D eigenvalue weighted by molar-refractivity contribution is 7.08. The lowest BCUT2D eigenvalue weighted by molar-refractivity contribution is 0.104. The van der Waals surface area contributed by atoms with E-state index in [1.165, 1.54) is 36.4 Å². The Morgan fingerprint density at radius 1 is 1.36 bits per heavy atom. The van der Waals surface area contributed by atoms with Crippen LogP contribution in [0.15, 0.2) is 23.9 Å². The number of hydrogen-bond acceptors (Lipinski definition) is 3. The molecule has 0 saturated heterocycles. The van der Waals surface area contributed by atoms with Crippen LogP contribution in [0.25, 0.3) is 0 Å². The van der Waals surface area contributed by atoms with Gasteiger partial charge in [-0.2, -0.15) is 0 Å². The Hall–Kier alpha value is -0.960. The first-order chi connectivity index (χ1) is 6.86. The molecule has 0 amide bonds. The molecule has 1 fully saturated rings. The maximum absolute atomic E-state index is 11.7. The van der Waals surface area contributed by atoms with Gasteiger partial charge in [-0.3, -0.25) is 4.79 Å². The Morgan fingerprint density at radius 3 is 2.79 bits per heavy atom. The van der Waals surface area contributed by atoms with Gasteiger partial charge in [-0.05, 0) is 49.4 Å². The van der Waals surface area contributed by atoms with E-state index in [1.807, 2.05) is 6.08 Å². The summed E-state index contributed by atoms with van der Waals surface area (Å²) in [7, 11) is 0. The summed E-state index contributed by atoms with van der Waals surface area (Å²) in [6, 6.07) is 1.78. The van der Waals surface area contributed by atoms with Crippen molar-refractivity contribution < 1.29 is 4.79 Å². The van der Waals surface area contributed by atoms with E-state index in [2.05, 4.69) is 4.37 Å². The lowest BCUT2D eigenvalue weighted by atomic mass is 9.94. The molecule has 1 heterocycles. The van der Waals surface area contributed by atoms with Gasteiger partial charge in [-0.25, -0.2) is 4.37 Å². The number of hydrogen-bond donors (Lipinski definition) is 0. The number of carbonyl (C=O) groups is 1. The van der Waals surface area contributed by atoms with Crippen LogP contribution in [0.1, 0.15) is 41.8 Å². The molecule has 14 heavy (non-hydrogen) atoms. The Labute approximate surface area is 87.8 Å². The minimum atomic E-state index is 0.129. The van der Waals surface area contributed by atoms with Crippen molar-refractivity contribution in [2.24, 2.45) is 0 Å². The first kappa shape index (κ1) is 9.59. The Kier molecular flexibility index (Phi) is 3.09. The highest BCUT2D eigenvalue weighted by Gasteiger charge is 2.09. The van der Waals surface area contributed by atoms with E-state index in [9.17, 15) is 4.79 Å². The molecule has 0 radical (unpaired) electrons. The van der Waals surface area contributed by atoms with Crippen molar-refractivity contribution in [1.29, 1.82) is 0 Å². The second-order valence-corrected chi connectivity index (χ2v) is 4.44. The number of aromatic nitrogens is 1. The third-order valence-electron chi connectivity index (χ3n) is 2.51. The summed E-state index contributed by atoms with van der Waals surface area (Å²) in [6.45, 7) is 0. The van der Waals surface area contributed by atoms with Crippen molar-refractivity contribution in [3.8, 4) is 0 Å². The number of carbonyl (C=O) groups excluding carboxylic acids is 1. The molecule has 0 bridgehead atoms. The summed E-state index contributed by atoms with van der Waals surface area (Å²) < 4.78 is 3.93. The smallest absolute Gasteiger partial charge is 0.197 e. The van der Waals surface area contributed by atoms with E-state index in [0.717, 1.165) is 17.7 Å². The van der Waals surface area contributed by atoms with E-state index in [-0.39, 0.29) is 5.78 Å². The highest BCUT2D eigenvalue weighted by Crippen LogP contribution is 2.23. The number of ketones is 1. The number of allylic oxidation sites excluding steroid dienone is 2. The first-order valence-corrected chi connectivity index (χ1v) is 5.78. The molecule has 0 aromatic carbocycles. The average molecular weight is 207 g/mol. The van der Waals surface area contributed by atoms with Crippen molar-refractivity contribution in [1.82, 2.24) is 4.37 Å². The molecule has 2 rings (SSSR count). The van der Waals surface area contributed by atoms with Crippen molar-refractivity contribution in [2.75, 3.05) is 0 Å². The molecule has 2 nitrogen and oxygen atoms in total. The van der Waals surface area contributed by atoms with Crippen LogP contribution in [-0.4, -0.2) is 10.2 Å². The minimum Gasteiger partial charge on any atom is -0.288 e. The van der Waals surface area contributed by atoms with Gasteiger partial charge in [0.05, 0.1) is 4.88 Å². The van der Waals surface area contributed by atoms with E-state index >= 15 is 0 Å². The van der Waals surface area contributed by atoms with E-state index in [1.54, 1.807) is 12.3 Å². The number of nitrogens with zero attached hydrogens (tertiary/aromatic N) is 1. The van der Waals surface area contributed by atoms with Crippen LogP contribution in [0.3, 0.4) is 0 Å². The molecule has 74 valence electrons. The third-order valence-corrected chi connectivity index (χ3v) is 3.27. The van der Waals surface area contributed by atoms with Crippen LogP contribution in [0, 0.1) is 0 Å². The zero-order valence-electron chi connectivity index (χ0n) is 8.03. The van der Waals surface area contributed by atoms with Crippen LogP contribution >= 0.6 is 11.5 Å². The standard InChI is InChI=1S/C11H13NOS/c13-10(11-6-7-12-14-11)8-9-4-2-1-3-5-9/h6-8H,1-5H2. The normalized spacial score (nSPS) is 16.7. The Balaban J connectivity index is 2.05. The second-order valence-electron chi connectivity index (χ2n) is 3.60. The largest absolute Gasteiger partial charge is 0.288 e. The van der Waals surface area contributed by atoms with Crippen LogP contribution in [0.2, 0.25) is 0 Å². The van der Waals surface area contributed by atoms with Crippen molar-refractivity contribution >= 4 is 17.3 Å². The lowest BCUT2D eigenvalue weighted by Gasteiger charge is -2.12. The topological polar surface area (TPSA) is 30.0 Å².